The van der Waals surface area contributed by atoms with Crippen molar-refractivity contribution in [3.8, 4) is 0 Å². The number of hydrogen-bond donors (Lipinski definition) is 2. The average molecular weight is 363 g/mol. The summed E-state index contributed by atoms with van der Waals surface area (Å²) in [5.74, 6) is -1.99. The van der Waals surface area contributed by atoms with E-state index in [2.05, 4.69) is 33.5 Å². The Morgan fingerprint density at radius 2 is 2.00 bits per heavy atom. The summed E-state index contributed by atoms with van der Waals surface area (Å²) in [5.41, 5.74) is 5.30. The zero-order valence-electron chi connectivity index (χ0n) is 9.54. The average Bonchev–Trinajstić information content (AvgIpc) is 2.76. The first-order valence-corrected chi connectivity index (χ1v) is 7.26. The topological polar surface area (TPSA) is 38.0 Å². The highest BCUT2D eigenvalue weighted by Gasteiger charge is 2.14. The highest BCUT2D eigenvalue weighted by Crippen LogP contribution is 2.25. The fraction of sp³-hybridized carbons (Fsp3) is 0.0833. The van der Waals surface area contributed by atoms with E-state index in [1.165, 1.54) is 23.5 Å². The molecule has 7 heteroatoms. The van der Waals surface area contributed by atoms with Crippen LogP contribution >= 0.6 is 39.5 Å². The van der Waals surface area contributed by atoms with Crippen molar-refractivity contribution >= 4 is 50.2 Å². The van der Waals surface area contributed by atoms with Gasteiger partial charge in [-0.1, -0.05) is 12.2 Å². The lowest BCUT2D eigenvalue weighted by Gasteiger charge is -2.09. The third-order valence-corrected chi connectivity index (χ3v) is 4.27. The third-order valence-electron chi connectivity index (χ3n) is 2.43. The van der Waals surface area contributed by atoms with Gasteiger partial charge in [0.2, 0.25) is 0 Å². The van der Waals surface area contributed by atoms with Gasteiger partial charge in [0.15, 0.2) is 11.6 Å². The smallest absolute Gasteiger partial charge is 0.182 e. The SMILES string of the molecule is NC(=S)c1ccc(NCc2ccc(Br)s2)c(F)c1F. The predicted octanol–water partition coefficient (Wildman–Crippen LogP) is 4.04. The van der Waals surface area contributed by atoms with Crippen LogP contribution in [0.1, 0.15) is 10.4 Å². The van der Waals surface area contributed by atoms with Crippen molar-refractivity contribution in [1.82, 2.24) is 0 Å². The molecule has 0 aliphatic rings. The molecule has 2 rings (SSSR count). The molecule has 2 aromatic rings. The van der Waals surface area contributed by atoms with E-state index in [-0.39, 0.29) is 16.2 Å². The predicted molar refractivity (Wildman–Crippen MR) is 81.6 cm³/mol. The maximum absolute atomic E-state index is 13.8. The maximum atomic E-state index is 13.8. The second-order valence-electron chi connectivity index (χ2n) is 3.71. The van der Waals surface area contributed by atoms with Crippen LogP contribution in [0.3, 0.4) is 0 Å². The van der Waals surface area contributed by atoms with Gasteiger partial charge in [-0.15, -0.1) is 11.3 Å². The number of hydrogen-bond acceptors (Lipinski definition) is 3. The molecule has 0 aliphatic heterocycles. The Bertz CT molecular complexity index is 628. The van der Waals surface area contributed by atoms with Crippen LogP contribution in [0.4, 0.5) is 14.5 Å². The van der Waals surface area contributed by atoms with Crippen molar-refractivity contribution in [1.29, 1.82) is 0 Å². The van der Waals surface area contributed by atoms with Gasteiger partial charge in [0, 0.05) is 17.0 Å². The van der Waals surface area contributed by atoms with Crippen molar-refractivity contribution < 1.29 is 8.78 Å². The normalized spacial score (nSPS) is 10.5. The van der Waals surface area contributed by atoms with Crippen LogP contribution in [-0.2, 0) is 6.54 Å². The van der Waals surface area contributed by atoms with Gasteiger partial charge in [0.05, 0.1) is 9.47 Å². The van der Waals surface area contributed by atoms with Gasteiger partial charge in [-0.05, 0) is 40.2 Å². The minimum Gasteiger partial charge on any atom is -0.389 e. The van der Waals surface area contributed by atoms with Crippen LogP contribution in [0, 0.1) is 11.6 Å². The van der Waals surface area contributed by atoms with E-state index in [0.29, 0.717) is 6.54 Å². The first-order chi connectivity index (χ1) is 8.99. The minimum absolute atomic E-state index is 0.0852. The Labute approximate surface area is 126 Å². The number of nitrogens with one attached hydrogen (secondary N) is 1. The number of benzene rings is 1. The van der Waals surface area contributed by atoms with Crippen molar-refractivity contribution in [3.63, 3.8) is 0 Å². The molecule has 2 nitrogen and oxygen atoms in total. The van der Waals surface area contributed by atoms with Crippen LogP contribution in [0.15, 0.2) is 28.1 Å². The summed E-state index contributed by atoms with van der Waals surface area (Å²) in [5, 5.41) is 2.84. The second kappa shape index (κ2) is 5.94. The molecule has 0 saturated carbocycles. The quantitative estimate of drug-likeness (QED) is 0.806. The summed E-state index contributed by atoms with van der Waals surface area (Å²) in [4.78, 5) is 0.843. The van der Waals surface area contributed by atoms with Crippen molar-refractivity contribution in [2.45, 2.75) is 6.54 Å². The van der Waals surface area contributed by atoms with E-state index >= 15 is 0 Å². The van der Waals surface area contributed by atoms with Gasteiger partial charge in [-0.2, -0.15) is 0 Å². The summed E-state index contributed by atoms with van der Waals surface area (Å²) in [7, 11) is 0. The van der Waals surface area contributed by atoms with Crippen LogP contribution in [0.25, 0.3) is 0 Å². The Morgan fingerprint density at radius 1 is 1.26 bits per heavy atom. The van der Waals surface area contributed by atoms with E-state index in [9.17, 15) is 8.78 Å². The molecule has 0 radical (unpaired) electrons. The highest BCUT2D eigenvalue weighted by atomic mass is 79.9. The van der Waals surface area contributed by atoms with Crippen LogP contribution in [0.5, 0.6) is 0 Å². The number of anilines is 1. The largest absolute Gasteiger partial charge is 0.389 e. The molecular formula is C12H9BrF2N2S2. The number of thiophene rings is 1. The van der Waals surface area contributed by atoms with Crippen LogP contribution < -0.4 is 11.1 Å². The Hall–Kier alpha value is -1.05. The fourth-order valence-corrected chi connectivity index (χ4v) is 3.09. The summed E-state index contributed by atoms with van der Waals surface area (Å²) in [6, 6.07) is 6.59. The van der Waals surface area contributed by atoms with Gasteiger partial charge < -0.3 is 11.1 Å². The number of rotatable bonds is 4. The van der Waals surface area contributed by atoms with Gasteiger partial charge in [0.25, 0.3) is 0 Å². The zero-order valence-corrected chi connectivity index (χ0v) is 12.8. The monoisotopic (exact) mass is 362 g/mol. The fourth-order valence-electron chi connectivity index (χ4n) is 1.51. The van der Waals surface area contributed by atoms with Gasteiger partial charge in [0.1, 0.15) is 4.99 Å². The molecule has 0 unspecified atom stereocenters. The Balaban J connectivity index is 2.17. The Morgan fingerprint density at radius 3 is 2.58 bits per heavy atom. The van der Waals surface area contributed by atoms with Gasteiger partial charge in [-0.3, -0.25) is 0 Å². The maximum Gasteiger partial charge on any atom is 0.182 e. The summed E-state index contributed by atoms with van der Waals surface area (Å²) >= 11 is 9.50. The molecule has 1 aromatic carbocycles. The molecule has 0 atom stereocenters. The van der Waals surface area contributed by atoms with E-state index in [0.717, 1.165) is 8.66 Å². The molecule has 1 heterocycles. The van der Waals surface area contributed by atoms with Crippen molar-refractivity contribution in [2.24, 2.45) is 5.73 Å². The van der Waals surface area contributed by atoms with Crippen molar-refractivity contribution in [3.05, 3.63) is 50.1 Å². The molecule has 1 aromatic heterocycles. The molecular weight excluding hydrogens is 354 g/mol. The first kappa shape index (κ1) is 14.4. The number of halogens is 3. The molecule has 0 bridgehead atoms. The number of nitrogens with two attached hydrogens (primary N) is 1. The Kier molecular flexibility index (Phi) is 4.49. The summed E-state index contributed by atoms with van der Waals surface area (Å²) in [6.45, 7) is 0.416. The van der Waals surface area contributed by atoms with Crippen molar-refractivity contribution in [2.75, 3.05) is 5.32 Å². The first-order valence-electron chi connectivity index (χ1n) is 5.25. The molecule has 0 amide bonds. The highest BCUT2D eigenvalue weighted by molar-refractivity contribution is 9.11. The van der Waals surface area contributed by atoms with Crippen LogP contribution in [-0.4, -0.2) is 4.99 Å². The lowest BCUT2D eigenvalue weighted by Crippen LogP contribution is -2.13. The van der Waals surface area contributed by atoms with E-state index in [4.69, 9.17) is 5.73 Å². The van der Waals surface area contributed by atoms with Gasteiger partial charge in [-0.25, -0.2) is 8.78 Å². The summed E-state index contributed by atoms with van der Waals surface area (Å²) in [6.07, 6.45) is 0. The summed E-state index contributed by atoms with van der Waals surface area (Å²) < 4.78 is 28.4. The molecule has 0 fully saturated rings. The molecule has 0 spiro atoms. The number of thiocarbonyl (C=S) groups is 1. The lowest BCUT2D eigenvalue weighted by atomic mass is 10.2. The lowest BCUT2D eigenvalue weighted by molar-refractivity contribution is 0.509. The molecule has 0 saturated heterocycles. The standard InChI is InChI=1S/C12H9BrF2N2S2/c13-9-4-1-6(19-9)5-17-8-3-2-7(12(16)18)10(14)11(8)15/h1-4,17H,5H2,(H2,16,18). The van der Waals surface area contributed by atoms with Crippen LogP contribution in [0.2, 0.25) is 0 Å². The van der Waals surface area contributed by atoms with Gasteiger partial charge >= 0.3 is 0 Å². The molecule has 19 heavy (non-hydrogen) atoms. The molecule has 3 N–H and O–H groups in total. The molecule has 100 valence electrons. The van der Waals surface area contributed by atoms with E-state index < -0.39 is 11.6 Å². The molecule has 0 aliphatic carbocycles. The third kappa shape index (κ3) is 3.29. The zero-order chi connectivity index (χ0) is 14.0. The minimum atomic E-state index is -1.02. The van der Waals surface area contributed by atoms with E-state index in [1.54, 1.807) is 0 Å². The second-order valence-corrected chi connectivity index (χ2v) is 6.70. The van der Waals surface area contributed by atoms with E-state index in [1.807, 2.05) is 12.1 Å².